The van der Waals surface area contributed by atoms with Crippen LogP contribution >= 0.6 is 0 Å². The highest BCUT2D eigenvalue weighted by Crippen LogP contribution is 2.36. The molecule has 0 amide bonds. The number of methoxy groups -OCH3 is 2. The number of esters is 1. The zero-order chi connectivity index (χ0) is 15.2. The Bertz CT molecular complexity index is 462. The molecular formula is C15H22N2O4. The van der Waals surface area contributed by atoms with Crippen LogP contribution < -0.4 is 14.2 Å². The van der Waals surface area contributed by atoms with Gasteiger partial charge in [0.1, 0.15) is 0 Å². The standard InChI is InChI=1S/C15H22N2O4/c1-16-7-9-17(10-8-16)11-14(18)21-15-12(19-2)5-4-6-13(15)20-3/h4-6H,7-11H2,1-3H3. The molecule has 0 aromatic heterocycles. The minimum atomic E-state index is -0.303. The fourth-order valence-electron chi connectivity index (χ4n) is 2.25. The summed E-state index contributed by atoms with van der Waals surface area (Å²) in [7, 11) is 5.15. The molecule has 21 heavy (non-hydrogen) atoms. The molecule has 0 spiro atoms. The summed E-state index contributed by atoms with van der Waals surface area (Å²) in [5.41, 5.74) is 0. The van der Waals surface area contributed by atoms with Crippen molar-refractivity contribution in [2.75, 3.05) is 54.0 Å². The minimum Gasteiger partial charge on any atom is -0.493 e. The van der Waals surface area contributed by atoms with Gasteiger partial charge < -0.3 is 19.1 Å². The van der Waals surface area contributed by atoms with Crippen molar-refractivity contribution in [3.8, 4) is 17.2 Å². The molecule has 1 heterocycles. The van der Waals surface area contributed by atoms with Gasteiger partial charge in [0, 0.05) is 26.2 Å². The first-order chi connectivity index (χ1) is 10.1. The number of nitrogens with zero attached hydrogens (tertiary/aromatic N) is 2. The number of piperazine rings is 1. The van der Waals surface area contributed by atoms with Crippen molar-refractivity contribution in [1.82, 2.24) is 9.80 Å². The zero-order valence-electron chi connectivity index (χ0n) is 12.8. The van der Waals surface area contributed by atoms with Gasteiger partial charge in [-0.1, -0.05) is 6.07 Å². The average Bonchev–Trinajstić information content (AvgIpc) is 2.49. The second-order valence-corrected chi connectivity index (χ2v) is 5.05. The van der Waals surface area contributed by atoms with Gasteiger partial charge in [0.2, 0.25) is 5.75 Å². The smallest absolute Gasteiger partial charge is 0.325 e. The lowest BCUT2D eigenvalue weighted by Gasteiger charge is -2.31. The molecule has 0 bridgehead atoms. The van der Waals surface area contributed by atoms with Crippen LogP contribution in [0.3, 0.4) is 0 Å². The number of likely N-dealkylation sites (N-methyl/N-ethyl adjacent to an activating group) is 1. The highest BCUT2D eigenvalue weighted by molar-refractivity contribution is 5.76. The Kier molecular flexibility index (Phi) is 5.41. The third kappa shape index (κ3) is 4.09. The fraction of sp³-hybridized carbons (Fsp3) is 0.533. The van der Waals surface area contributed by atoms with E-state index < -0.39 is 0 Å². The average molecular weight is 294 g/mol. The first kappa shape index (κ1) is 15.6. The van der Waals surface area contributed by atoms with Gasteiger partial charge in [-0.05, 0) is 19.2 Å². The highest BCUT2D eigenvalue weighted by Gasteiger charge is 2.20. The van der Waals surface area contributed by atoms with E-state index in [2.05, 4.69) is 16.8 Å². The maximum atomic E-state index is 12.1. The van der Waals surface area contributed by atoms with Crippen LogP contribution in [0.5, 0.6) is 17.2 Å². The van der Waals surface area contributed by atoms with Crippen LogP contribution in [0.1, 0.15) is 0 Å². The van der Waals surface area contributed by atoms with Crippen molar-refractivity contribution >= 4 is 5.97 Å². The third-order valence-electron chi connectivity index (χ3n) is 3.55. The summed E-state index contributed by atoms with van der Waals surface area (Å²) in [4.78, 5) is 16.4. The van der Waals surface area contributed by atoms with Crippen molar-refractivity contribution in [3.63, 3.8) is 0 Å². The van der Waals surface area contributed by atoms with Gasteiger partial charge in [0.05, 0.1) is 20.8 Å². The molecule has 0 aliphatic carbocycles. The van der Waals surface area contributed by atoms with Crippen LogP contribution in [-0.4, -0.2) is 69.8 Å². The van der Waals surface area contributed by atoms with E-state index in [-0.39, 0.29) is 12.5 Å². The van der Waals surface area contributed by atoms with Crippen LogP contribution in [0, 0.1) is 0 Å². The van der Waals surface area contributed by atoms with Gasteiger partial charge in [-0.3, -0.25) is 9.69 Å². The first-order valence-corrected chi connectivity index (χ1v) is 6.96. The fourth-order valence-corrected chi connectivity index (χ4v) is 2.25. The Labute approximate surface area is 125 Å². The van der Waals surface area contributed by atoms with E-state index in [0.717, 1.165) is 26.2 Å². The highest BCUT2D eigenvalue weighted by atomic mass is 16.6. The monoisotopic (exact) mass is 294 g/mol. The Morgan fingerprint density at radius 3 is 2.19 bits per heavy atom. The summed E-state index contributed by atoms with van der Waals surface area (Å²) in [6.45, 7) is 3.94. The molecule has 0 radical (unpaired) electrons. The van der Waals surface area contributed by atoms with E-state index in [1.165, 1.54) is 14.2 Å². The molecule has 0 unspecified atom stereocenters. The minimum absolute atomic E-state index is 0.273. The summed E-state index contributed by atoms with van der Waals surface area (Å²) in [6, 6.07) is 5.26. The lowest BCUT2D eigenvalue weighted by Crippen LogP contribution is -2.46. The molecule has 1 fully saturated rings. The normalized spacial score (nSPS) is 16.5. The van der Waals surface area contributed by atoms with Crippen LogP contribution in [0.25, 0.3) is 0 Å². The van der Waals surface area contributed by atoms with E-state index in [1.54, 1.807) is 18.2 Å². The Balaban J connectivity index is 1.99. The Hall–Kier alpha value is -1.79. The molecule has 1 saturated heterocycles. The molecule has 6 nitrogen and oxygen atoms in total. The van der Waals surface area contributed by atoms with Crippen molar-refractivity contribution in [2.45, 2.75) is 0 Å². The van der Waals surface area contributed by atoms with E-state index >= 15 is 0 Å². The predicted octanol–water partition coefficient (Wildman–Crippen LogP) is 0.857. The largest absolute Gasteiger partial charge is 0.493 e. The Morgan fingerprint density at radius 2 is 1.67 bits per heavy atom. The summed E-state index contributed by atoms with van der Waals surface area (Å²) in [5.74, 6) is 1.01. The molecule has 1 aliphatic rings. The van der Waals surface area contributed by atoms with E-state index in [0.29, 0.717) is 17.2 Å². The predicted molar refractivity (Wildman–Crippen MR) is 79.1 cm³/mol. The van der Waals surface area contributed by atoms with Crippen LogP contribution in [0.4, 0.5) is 0 Å². The van der Waals surface area contributed by atoms with Crippen molar-refractivity contribution in [1.29, 1.82) is 0 Å². The zero-order valence-corrected chi connectivity index (χ0v) is 12.8. The molecule has 0 saturated carbocycles. The van der Waals surface area contributed by atoms with Gasteiger partial charge in [-0.25, -0.2) is 0 Å². The summed E-state index contributed by atoms with van der Waals surface area (Å²) in [5, 5.41) is 0. The topological polar surface area (TPSA) is 51.2 Å². The van der Waals surface area contributed by atoms with Crippen LogP contribution in [0.15, 0.2) is 18.2 Å². The Morgan fingerprint density at radius 1 is 1.10 bits per heavy atom. The summed E-state index contributed by atoms with van der Waals surface area (Å²) < 4.78 is 15.9. The van der Waals surface area contributed by atoms with Gasteiger partial charge >= 0.3 is 5.97 Å². The quantitative estimate of drug-likeness (QED) is 0.593. The SMILES string of the molecule is COc1cccc(OC)c1OC(=O)CN1CCN(C)CC1. The molecule has 2 rings (SSSR count). The van der Waals surface area contributed by atoms with E-state index in [4.69, 9.17) is 14.2 Å². The lowest BCUT2D eigenvalue weighted by atomic mass is 10.3. The number of hydrogen-bond donors (Lipinski definition) is 0. The molecular weight excluding hydrogens is 272 g/mol. The lowest BCUT2D eigenvalue weighted by molar-refractivity contribution is -0.136. The number of carbonyl (C=O) groups excluding carboxylic acids is 1. The number of para-hydroxylation sites is 1. The van der Waals surface area contributed by atoms with Crippen molar-refractivity contribution in [3.05, 3.63) is 18.2 Å². The van der Waals surface area contributed by atoms with Gasteiger partial charge in [-0.15, -0.1) is 0 Å². The number of benzene rings is 1. The van der Waals surface area contributed by atoms with E-state index in [9.17, 15) is 4.79 Å². The van der Waals surface area contributed by atoms with Gasteiger partial charge in [0.15, 0.2) is 11.5 Å². The molecule has 0 N–H and O–H groups in total. The van der Waals surface area contributed by atoms with Crippen LogP contribution in [0.2, 0.25) is 0 Å². The molecule has 1 aromatic carbocycles. The van der Waals surface area contributed by atoms with Gasteiger partial charge in [-0.2, -0.15) is 0 Å². The third-order valence-corrected chi connectivity index (χ3v) is 3.55. The summed E-state index contributed by atoms with van der Waals surface area (Å²) >= 11 is 0. The molecule has 6 heteroatoms. The van der Waals surface area contributed by atoms with Crippen LogP contribution in [-0.2, 0) is 4.79 Å². The van der Waals surface area contributed by atoms with Gasteiger partial charge in [0.25, 0.3) is 0 Å². The number of rotatable bonds is 5. The maximum Gasteiger partial charge on any atom is 0.325 e. The molecule has 0 atom stereocenters. The molecule has 1 aliphatic heterocycles. The molecule has 1 aromatic rings. The van der Waals surface area contributed by atoms with E-state index in [1.807, 2.05) is 0 Å². The van der Waals surface area contributed by atoms with Crippen molar-refractivity contribution in [2.24, 2.45) is 0 Å². The number of ether oxygens (including phenoxy) is 3. The maximum absolute atomic E-state index is 12.1. The first-order valence-electron chi connectivity index (χ1n) is 6.96. The number of carbonyl (C=O) groups is 1. The second kappa shape index (κ2) is 7.28. The number of hydrogen-bond acceptors (Lipinski definition) is 6. The molecule has 116 valence electrons. The summed E-state index contributed by atoms with van der Waals surface area (Å²) in [6.07, 6.45) is 0. The van der Waals surface area contributed by atoms with Crippen molar-refractivity contribution < 1.29 is 19.0 Å². The second-order valence-electron chi connectivity index (χ2n) is 5.05.